The molecule has 1 aromatic heterocycles. The van der Waals surface area contributed by atoms with Crippen molar-refractivity contribution >= 4 is 5.91 Å². The first-order chi connectivity index (χ1) is 13.6. The standard InChI is InChI=1S/C22H23N3O3/c1-15-8-10-16(11-9-15)20-23-21(28-24-20)18-6-4-12-25(14-18)22(26)17-5-3-7-19(13-17)27-2/h3,5,7-11,13,18H,4,6,12,14H2,1-2H3/t18-/m1/s1. The number of ether oxygens (including phenoxy) is 1. The summed E-state index contributed by atoms with van der Waals surface area (Å²) in [6.45, 7) is 3.35. The van der Waals surface area contributed by atoms with Gasteiger partial charge in [-0.1, -0.05) is 41.1 Å². The Hall–Kier alpha value is -3.15. The van der Waals surface area contributed by atoms with E-state index in [9.17, 15) is 4.79 Å². The van der Waals surface area contributed by atoms with E-state index in [0.717, 1.165) is 24.9 Å². The molecule has 0 bridgehead atoms. The zero-order valence-electron chi connectivity index (χ0n) is 16.1. The molecule has 0 saturated carbocycles. The van der Waals surface area contributed by atoms with Gasteiger partial charge in [-0.25, -0.2) is 0 Å². The quantitative estimate of drug-likeness (QED) is 0.685. The van der Waals surface area contributed by atoms with E-state index in [1.165, 1.54) is 5.56 Å². The predicted octanol–water partition coefficient (Wildman–Crippen LogP) is 4.07. The molecule has 28 heavy (non-hydrogen) atoms. The average molecular weight is 377 g/mol. The van der Waals surface area contributed by atoms with E-state index < -0.39 is 0 Å². The summed E-state index contributed by atoms with van der Waals surface area (Å²) in [6.07, 6.45) is 1.83. The van der Waals surface area contributed by atoms with Crippen molar-refractivity contribution in [2.45, 2.75) is 25.7 Å². The minimum Gasteiger partial charge on any atom is -0.497 e. The molecule has 1 atom stereocenters. The van der Waals surface area contributed by atoms with E-state index in [1.807, 2.05) is 54.3 Å². The van der Waals surface area contributed by atoms with Gasteiger partial charge < -0.3 is 14.2 Å². The third-order valence-corrected chi connectivity index (χ3v) is 5.13. The van der Waals surface area contributed by atoms with E-state index in [1.54, 1.807) is 13.2 Å². The van der Waals surface area contributed by atoms with Crippen LogP contribution in [0.4, 0.5) is 0 Å². The number of hydrogen-bond donors (Lipinski definition) is 0. The molecule has 4 rings (SSSR count). The molecule has 2 heterocycles. The van der Waals surface area contributed by atoms with Crippen molar-refractivity contribution in [1.29, 1.82) is 0 Å². The fourth-order valence-electron chi connectivity index (χ4n) is 3.52. The molecule has 0 unspecified atom stereocenters. The van der Waals surface area contributed by atoms with E-state index in [0.29, 0.717) is 29.6 Å². The number of methoxy groups -OCH3 is 1. The molecule has 0 spiro atoms. The molecule has 144 valence electrons. The highest BCUT2D eigenvalue weighted by molar-refractivity contribution is 5.94. The Balaban J connectivity index is 1.49. The zero-order valence-corrected chi connectivity index (χ0v) is 16.1. The van der Waals surface area contributed by atoms with Crippen LogP contribution in [-0.4, -0.2) is 41.1 Å². The summed E-state index contributed by atoms with van der Waals surface area (Å²) in [4.78, 5) is 19.4. The lowest BCUT2D eigenvalue weighted by Crippen LogP contribution is -2.39. The van der Waals surface area contributed by atoms with Gasteiger partial charge in [0.1, 0.15) is 5.75 Å². The smallest absolute Gasteiger partial charge is 0.254 e. The molecule has 3 aromatic rings. The number of likely N-dealkylation sites (tertiary alicyclic amines) is 1. The summed E-state index contributed by atoms with van der Waals surface area (Å²) in [6, 6.07) is 15.3. The minimum absolute atomic E-state index is 0.00173. The first kappa shape index (κ1) is 18.2. The lowest BCUT2D eigenvalue weighted by Gasteiger charge is -2.31. The third-order valence-electron chi connectivity index (χ3n) is 5.13. The Kier molecular flexibility index (Phi) is 5.10. The molecule has 0 N–H and O–H groups in total. The zero-order chi connectivity index (χ0) is 19.5. The Morgan fingerprint density at radius 2 is 2.04 bits per heavy atom. The third kappa shape index (κ3) is 3.76. The summed E-state index contributed by atoms with van der Waals surface area (Å²) in [7, 11) is 1.60. The van der Waals surface area contributed by atoms with Crippen molar-refractivity contribution in [3.8, 4) is 17.1 Å². The normalized spacial score (nSPS) is 16.8. The SMILES string of the molecule is COc1cccc(C(=O)N2CCC[C@@H](c3nc(-c4ccc(C)cc4)no3)C2)c1. The van der Waals surface area contributed by atoms with Gasteiger partial charge in [0.25, 0.3) is 5.91 Å². The Bertz CT molecular complexity index is 965. The summed E-state index contributed by atoms with van der Waals surface area (Å²) < 4.78 is 10.8. The second kappa shape index (κ2) is 7.84. The summed E-state index contributed by atoms with van der Waals surface area (Å²) in [5.74, 6) is 1.92. The molecule has 1 amide bonds. The maximum Gasteiger partial charge on any atom is 0.254 e. The molecule has 1 aliphatic heterocycles. The maximum atomic E-state index is 12.9. The summed E-state index contributed by atoms with van der Waals surface area (Å²) in [5, 5.41) is 4.14. The van der Waals surface area contributed by atoms with Crippen molar-refractivity contribution in [3.63, 3.8) is 0 Å². The molecule has 6 heteroatoms. The molecule has 1 saturated heterocycles. The summed E-state index contributed by atoms with van der Waals surface area (Å²) >= 11 is 0. The largest absolute Gasteiger partial charge is 0.497 e. The van der Waals surface area contributed by atoms with Crippen molar-refractivity contribution in [2.24, 2.45) is 0 Å². The fraction of sp³-hybridized carbons (Fsp3) is 0.318. The minimum atomic E-state index is 0.00173. The van der Waals surface area contributed by atoms with Gasteiger partial charge >= 0.3 is 0 Å². The number of piperidine rings is 1. The number of carbonyl (C=O) groups is 1. The van der Waals surface area contributed by atoms with E-state index in [4.69, 9.17) is 9.26 Å². The van der Waals surface area contributed by atoms with Gasteiger partial charge in [0.2, 0.25) is 11.7 Å². The fourth-order valence-corrected chi connectivity index (χ4v) is 3.52. The first-order valence-corrected chi connectivity index (χ1v) is 9.48. The van der Waals surface area contributed by atoms with Gasteiger partial charge in [0.15, 0.2) is 0 Å². The Labute approximate surface area is 164 Å². The number of benzene rings is 2. The van der Waals surface area contributed by atoms with Gasteiger partial charge in [0.05, 0.1) is 13.0 Å². The van der Waals surface area contributed by atoms with Gasteiger partial charge in [0, 0.05) is 24.2 Å². The second-order valence-corrected chi connectivity index (χ2v) is 7.14. The molecule has 1 aliphatic rings. The molecule has 2 aromatic carbocycles. The number of nitrogens with zero attached hydrogens (tertiary/aromatic N) is 3. The first-order valence-electron chi connectivity index (χ1n) is 9.48. The molecule has 0 aliphatic carbocycles. The lowest BCUT2D eigenvalue weighted by atomic mass is 9.97. The molecule has 6 nitrogen and oxygen atoms in total. The highest BCUT2D eigenvalue weighted by Gasteiger charge is 2.29. The second-order valence-electron chi connectivity index (χ2n) is 7.14. The maximum absolute atomic E-state index is 12.9. The van der Waals surface area contributed by atoms with Crippen LogP contribution in [0.3, 0.4) is 0 Å². The van der Waals surface area contributed by atoms with Crippen LogP contribution >= 0.6 is 0 Å². The van der Waals surface area contributed by atoms with Crippen molar-refractivity contribution in [1.82, 2.24) is 15.0 Å². The van der Waals surface area contributed by atoms with Gasteiger partial charge in [-0.3, -0.25) is 4.79 Å². The highest BCUT2D eigenvalue weighted by atomic mass is 16.5. The van der Waals surface area contributed by atoms with Crippen LogP contribution in [-0.2, 0) is 0 Å². The number of aryl methyl sites for hydroxylation is 1. The Morgan fingerprint density at radius 3 is 2.82 bits per heavy atom. The van der Waals surface area contributed by atoms with Crippen LogP contribution in [0.5, 0.6) is 5.75 Å². The average Bonchev–Trinajstić information content (AvgIpc) is 3.24. The predicted molar refractivity (Wildman–Crippen MR) is 105 cm³/mol. The highest BCUT2D eigenvalue weighted by Crippen LogP contribution is 2.28. The molecular weight excluding hydrogens is 354 g/mol. The van der Waals surface area contributed by atoms with Gasteiger partial charge in [-0.05, 0) is 38.0 Å². The van der Waals surface area contributed by atoms with Crippen LogP contribution in [0, 0.1) is 6.92 Å². The van der Waals surface area contributed by atoms with E-state index in [2.05, 4.69) is 10.1 Å². The summed E-state index contributed by atoms with van der Waals surface area (Å²) in [5.41, 5.74) is 2.75. The van der Waals surface area contributed by atoms with Gasteiger partial charge in [-0.2, -0.15) is 4.98 Å². The number of rotatable bonds is 4. The number of hydrogen-bond acceptors (Lipinski definition) is 5. The van der Waals surface area contributed by atoms with E-state index >= 15 is 0 Å². The van der Waals surface area contributed by atoms with Crippen LogP contribution < -0.4 is 4.74 Å². The number of amides is 1. The van der Waals surface area contributed by atoms with Crippen molar-refractivity contribution in [2.75, 3.05) is 20.2 Å². The van der Waals surface area contributed by atoms with Crippen LogP contribution in [0.1, 0.15) is 40.6 Å². The van der Waals surface area contributed by atoms with Crippen LogP contribution in [0.25, 0.3) is 11.4 Å². The molecule has 0 radical (unpaired) electrons. The van der Waals surface area contributed by atoms with Crippen LogP contribution in [0.2, 0.25) is 0 Å². The van der Waals surface area contributed by atoms with Gasteiger partial charge in [-0.15, -0.1) is 0 Å². The monoisotopic (exact) mass is 377 g/mol. The van der Waals surface area contributed by atoms with Crippen molar-refractivity contribution in [3.05, 3.63) is 65.5 Å². The van der Waals surface area contributed by atoms with E-state index in [-0.39, 0.29) is 11.8 Å². The number of carbonyl (C=O) groups excluding carboxylic acids is 1. The van der Waals surface area contributed by atoms with Crippen LogP contribution in [0.15, 0.2) is 53.1 Å². The lowest BCUT2D eigenvalue weighted by molar-refractivity contribution is 0.0695. The van der Waals surface area contributed by atoms with Crippen molar-refractivity contribution < 1.29 is 14.1 Å². The topological polar surface area (TPSA) is 68.5 Å². The Morgan fingerprint density at radius 1 is 1.21 bits per heavy atom. The molecule has 1 fully saturated rings. The number of aromatic nitrogens is 2. The molecular formula is C22H23N3O3.